The number of aromatic nitrogens is 1. The van der Waals surface area contributed by atoms with E-state index in [0.29, 0.717) is 5.76 Å². The lowest BCUT2D eigenvalue weighted by molar-refractivity contribution is -0.115. The summed E-state index contributed by atoms with van der Waals surface area (Å²) < 4.78 is 30.7. The van der Waals surface area contributed by atoms with Crippen molar-refractivity contribution in [3.05, 3.63) is 46.4 Å². The first-order chi connectivity index (χ1) is 10.4. The third kappa shape index (κ3) is 3.92. The van der Waals surface area contributed by atoms with Crippen LogP contribution in [-0.2, 0) is 21.3 Å². The van der Waals surface area contributed by atoms with Crippen LogP contribution >= 0.6 is 11.6 Å². The molecule has 1 aromatic heterocycles. The first kappa shape index (κ1) is 16.6. The molecule has 0 fully saturated rings. The van der Waals surface area contributed by atoms with Crippen molar-refractivity contribution in [3.63, 3.8) is 0 Å². The summed E-state index contributed by atoms with van der Waals surface area (Å²) in [5, 5.41) is 5.45. The summed E-state index contributed by atoms with van der Waals surface area (Å²) in [5.41, 5.74) is 0.138. The molecular weight excluding hydrogens is 331 g/mol. The molecule has 1 heterocycles. The van der Waals surface area contributed by atoms with Crippen molar-refractivity contribution in [1.82, 2.24) is 5.16 Å². The van der Waals surface area contributed by atoms with Crippen molar-refractivity contribution in [3.8, 4) is 0 Å². The van der Waals surface area contributed by atoms with Gasteiger partial charge in [-0.1, -0.05) is 22.8 Å². The SMILES string of the molecule is Cc1cc(NC(=O)[C@@H](C)[S@@](=O)Cc2c(F)cccc2Cl)no1. The second kappa shape index (κ2) is 7.02. The fraction of sp³-hybridized carbons (Fsp3) is 0.286. The van der Waals surface area contributed by atoms with E-state index in [2.05, 4.69) is 10.5 Å². The number of benzene rings is 1. The number of hydrogen-bond acceptors (Lipinski definition) is 4. The van der Waals surface area contributed by atoms with Crippen LogP contribution in [0.3, 0.4) is 0 Å². The van der Waals surface area contributed by atoms with E-state index in [0.717, 1.165) is 0 Å². The largest absolute Gasteiger partial charge is 0.360 e. The van der Waals surface area contributed by atoms with E-state index in [9.17, 15) is 13.4 Å². The second-order valence-electron chi connectivity index (χ2n) is 4.68. The molecule has 0 aliphatic heterocycles. The van der Waals surface area contributed by atoms with Gasteiger partial charge in [0, 0.05) is 27.5 Å². The van der Waals surface area contributed by atoms with Crippen LogP contribution in [0.1, 0.15) is 18.2 Å². The molecule has 1 amide bonds. The monoisotopic (exact) mass is 344 g/mol. The van der Waals surface area contributed by atoms with Crippen LogP contribution in [0, 0.1) is 12.7 Å². The highest BCUT2D eigenvalue weighted by atomic mass is 35.5. The van der Waals surface area contributed by atoms with Gasteiger partial charge in [0.1, 0.15) is 16.8 Å². The molecule has 8 heteroatoms. The van der Waals surface area contributed by atoms with Gasteiger partial charge in [0.2, 0.25) is 5.91 Å². The molecule has 118 valence electrons. The van der Waals surface area contributed by atoms with Crippen LogP contribution in [0.15, 0.2) is 28.8 Å². The normalized spacial score (nSPS) is 13.6. The van der Waals surface area contributed by atoms with Crippen LogP contribution in [0.2, 0.25) is 5.02 Å². The number of nitrogens with zero attached hydrogens (tertiary/aromatic N) is 1. The van der Waals surface area contributed by atoms with Crippen LogP contribution in [0.4, 0.5) is 10.2 Å². The number of halogens is 2. The van der Waals surface area contributed by atoms with E-state index in [4.69, 9.17) is 16.1 Å². The molecule has 2 rings (SSSR count). The lowest BCUT2D eigenvalue weighted by atomic mass is 10.2. The Morgan fingerprint density at radius 3 is 2.86 bits per heavy atom. The Hall–Kier alpha value is -1.73. The summed E-state index contributed by atoms with van der Waals surface area (Å²) in [6.07, 6.45) is 0. The van der Waals surface area contributed by atoms with Gasteiger partial charge in [-0.15, -0.1) is 0 Å². The van der Waals surface area contributed by atoms with E-state index in [-0.39, 0.29) is 22.2 Å². The predicted octanol–water partition coefficient (Wildman–Crippen LogP) is 3.05. The van der Waals surface area contributed by atoms with Crippen LogP contribution < -0.4 is 5.32 Å². The van der Waals surface area contributed by atoms with Gasteiger partial charge in [-0.25, -0.2) is 4.39 Å². The summed E-state index contributed by atoms with van der Waals surface area (Å²) in [6.45, 7) is 3.18. The van der Waals surface area contributed by atoms with E-state index >= 15 is 0 Å². The molecule has 0 radical (unpaired) electrons. The third-order valence-electron chi connectivity index (χ3n) is 2.99. The van der Waals surface area contributed by atoms with Crippen molar-refractivity contribution < 1.29 is 17.9 Å². The van der Waals surface area contributed by atoms with Crippen molar-refractivity contribution >= 4 is 34.1 Å². The number of nitrogens with one attached hydrogen (secondary N) is 1. The van der Waals surface area contributed by atoms with Gasteiger partial charge in [-0.3, -0.25) is 9.00 Å². The van der Waals surface area contributed by atoms with Gasteiger partial charge in [0.15, 0.2) is 5.82 Å². The molecular formula is C14H14ClFN2O3S. The molecule has 1 N–H and O–H groups in total. The average Bonchev–Trinajstić information content (AvgIpc) is 2.87. The minimum absolute atomic E-state index is 0.138. The zero-order valence-corrected chi connectivity index (χ0v) is 13.5. The Morgan fingerprint density at radius 2 is 2.27 bits per heavy atom. The molecule has 0 bridgehead atoms. The van der Waals surface area contributed by atoms with E-state index < -0.39 is 27.8 Å². The highest BCUT2D eigenvalue weighted by Crippen LogP contribution is 2.21. The summed E-state index contributed by atoms with van der Waals surface area (Å²) in [5.74, 6) is -0.380. The molecule has 0 aliphatic rings. The van der Waals surface area contributed by atoms with Crippen molar-refractivity contribution in [2.45, 2.75) is 24.9 Å². The second-order valence-corrected chi connectivity index (χ2v) is 6.84. The summed E-state index contributed by atoms with van der Waals surface area (Å²) in [4.78, 5) is 12.0. The van der Waals surface area contributed by atoms with Gasteiger partial charge < -0.3 is 9.84 Å². The quantitative estimate of drug-likeness (QED) is 0.904. The van der Waals surface area contributed by atoms with Crippen molar-refractivity contribution in [2.75, 3.05) is 5.32 Å². The van der Waals surface area contributed by atoms with E-state index in [1.54, 1.807) is 13.0 Å². The smallest absolute Gasteiger partial charge is 0.241 e. The molecule has 0 spiro atoms. The van der Waals surface area contributed by atoms with Crippen molar-refractivity contribution in [2.24, 2.45) is 0 Å². The highest BCUT2D eigenvalue weighted by Gasteiger charge is 2.23. The maximum atomic E-state index is 13.7. The molecule has 22 heavy (non-hydrogen) atoms. The van der Waals surface area contributed by atoms with Gasteiger partial charge >= 0.3 is 0 Å². The number of hydrogen-bond donors (Lipinski definition) is 1. The maximum absolute atomic E-state index is 13.7. The Labute approximate surface area is 134 Å². The lowest BCUT2D eigenvalue weighted by Crippen LogP contribution is -2.30. The Bertz CT molecular complexity index is 700. The number of carbonyl (C=O) groups is 1. The molecule has 0 aliphatic carbocycles. The van der Waals surface area contributed by atoms with Crippen LogP contribution in [0.5, 0.6) is 0 Å². The number of amides is 1. The van der Waals surface area contributed by atoms with Crippen LogP contribution in [-0.4, -0.2) is 20.5 Å². The van der Waals surface area contributed by atoms with E-state index in [1.165, 1.54) is 25.1 Å². The minimum atomic E-state index is -1.63. The standard InChI is InChI=1S/C14H14ClFN2O3S/c1-8-6-13(18-21-8)17-14(19)9(2)22(20)7-10-11(15)4-3-5-12(10)16/h3-6,9H,7H2,1-2H3,(H,17,18,19)/t9-,22+/m1/s1. The van der Waals surface area contributed by atoms with Gasteiger partial charge in [0.25, 0.3) is 0 Å². The topological polar surface area (TPSA) is 72.2 Å². The number of carbonyl (C=O) groups excluding carboxylic acids is 1. The first-order valence-electron chi connectivity index (χ1n) is 6.42. The zero-order valence-electron chi connectivity index (χ0n) is 11.9. The summed E-state index contributed by atoms with van der Waals surface area (Å²) in [7, 11) is -1.63. The molecule has 2 atom stereocenters. The summed E-state index contributed by atoms with van der Waals surface area (Å²) in [6, 6.07) is 5.76. The summed E-state index contributed by atoms with van der Waals surface area (Å²) >= 11 is 5.89. The minimum Gasteiger partial charge on any atom is -0.360 e. The van der Waals surface area contributed by atoms with Gasteiger partial charge in [-0.2, -0.15) is 0 Å². The fourth-order valence-corrected chi connectivity index (χ4v) is 3.14. The first-order valence-corrected chi connectivity index (χ1v) is 8.18. The average molecular weight is 345 g/mol. The van der Waals surface area contributed by atoms with Gasteiger partial charge in [-0.05, 0) is 26.0 Å². The molecule has 0 saturated carbocycles. The van der Waals surface area contributed by atoms with Gasteiger partial charge in [0.05, 0.1) is 5.75 Å². The number of rotatable bonds is 5. The Morgan fingerprint density at radius 1 is 1.55 bits per heavy atom. The Kier molecular flexibility index (Phi) is 5.31. The van der Waals surface area contributed by atoms with E-state index in [1.807, 2.05) is 0 Å². The molecule has 1 aromatic carbocycles. The zero-order chi connectivity index (χ0) is 16.3. The Balaban J connectivity index is 2.04. The highest BCUT2D eigenvalue weighted by molar-refractivity contribution is 7.85. The number of anilines is 1. The number of aryl methyl sites for hydroxylation is 1. The predicted molar refractivity (Wildman–Crippen MR) is 82.6 cm³/mol. The lowest BCUT2D eigenvalue weighted by Gasteiger charge is -2.12. The molecule has 5 nitrogen and oxygen atoms in total. The van der Waals surface area contributed by atoms with Crippen molar-refractivity contribution in [1.29, 1.82) is 0 Å². The third-order valence-corrected chi connectivity index (χ3v) is 4.92. The maximum Gasteiger partial charge on any atom is 0.241 e. The fourth-order valence-electron chi connectivity index (χ4n) is 1.71. The molecule has 0 unspecified atom stereocenters. The van der Waals surface area contributed by atoms with Crippen LogP contribution in [0.25, 0.3) is 0 Å². The molecule has 0 saturated heterocycles. The molecule has 2 aromatic rings.